The van der Waals surface area contributed by atoms with Crippen LogP contribution < -0.4 is 0 Å². The molecule has 3 rings (SSSR count). The topological polar surface area (TPSA) is 60.5 Å². The van der Waals surface area contributed by atoms with Gasteiger partial charge in [-0.2, -0.15) is 0 Å². The van der Waals surface area contributed by atoms with E-state index in [0.717, 1.165) is 27.9 Å². The molecular weight excluding hydrogens is 266 g/mol. The van der Waals surface area contributed by atoms with Crippen molar-refractivity contribution < 1.29 is 9.47 Å². The summed E-state index contributed by atoms with van der Waals surface area (Å²) in [6.07, 6.45) is 0. The summed E-state index contributed by atoms with van der Waals surface area (Å²) in [5.41, 5.74) is 5.55. The molecule has 0 bridgehead atoms. The first kappa shape index (κ1) is 13.3. The maximum Gasteiger partial charge on any atom is 0.142 e. The standard InChI is InChI=1S/C16H15N3O2/c1-11-3-6-14(7-4-11)12(2)17-20-10-13-5-8-15-16(9-13)19-21-18-15/h3-9H,10H2,1-2H3/b17-12+. The maximum atomic E-state index is 5.40. The molecule has 0 aliphatic rings. The second-order valence-corrected chi connectivity index (χ2v) is 4.90. The fourth-order valence-electron chi connectivity index (χ4n) is 1.97. The molecule has 0 atom stereocenters. The lowest BCUT2D eigenvalue weighted by molar-refractivity contribution is 0.130. The van der Waals surface area contributed by atoms with E-state index in [9.17, 15) is 0 Å². The van der Waals surface area contributed by atoms with Crippen molar-refractivity contribution in [3.63, 3.8) is 0 Å². The number of rotatable bonds is 4. The van der Waals surface area contributed by atoms with E-state index in [1.54, 1.807) is 0 Å². The minimum atomic E-state index is 0.381. The van der Waals surface area contributed by atoms with Gasteiger partial charge in [-0.1, -0.05) is 41.1 Å². The van der Waals surface area contributed by atoms with Crippen molar-refractivity contribution in [3.05, 3.63) is 59.2 Å². The third kappa shape index (κ3) is 3.08. The Morgan fingerprint density at radius 2 is 1.86 bits per heavy atom. The van der Waals surface area contributed by atoms with Crippen molar-refractivity contribution in [2.45, 2.75) is 20.5 Å². The molecule has 0 aliphatic heterocycles. The van der Waals surface area contributed by atoms with E-state index < -0.39 is 0 Å². The van der Waals surface area contributed by atoms with Crippen LogP contribution in [0.25, 0.3) is 11.0 Å². The summed E-state index contributed by atoms with van der Waals surface area (Å²) in [7, 11) is 0. The summed E-state index contributed by atoms with van der Waals surface area (Å²) in [6, 6.07) is 13.8. The number of nitrogens with zero attached hydrogens (tertiary/aromatic N) is 3. The van der Waals surface area contributed by atoms with Crippen LogP contribution in [0.3, 0.4) is 0 Å². The molecule has 3 aromatic rings. The smallest absolute Gasteiger partial charge is 0.142 e. The zero-order valence-corrected chi connectivity index (χ0v) is 11.9. The third-order valence-electron chi connectivity index (χ3n) is 3.22. The molecule has 0 saturated carbocycles. The van der Waals surface area contributed by atoms with Gasteiger partial charge in [0.25, 0.3) is 0 Å². The molecular formula is C16H15N3O2. The zero-order chi connectivity index (χ0) is 14.7. The highest BCUT2D eigenvalue weighted by molar-refractivity contribution is 5.98. The van der Waals surface area contributed by atoms with Crippen LogP contribution in [-0.4, -0.2) is 16.0 Å². The van der Waals surface area contributed by atoms with E-state index in [1.165, 1.54) is 5.56 Å². The van der Waals surface area contributed by atoms with Crippen LogP contribution in [0.4, 0.5) is 0 Å². The van der Waals surface area contributed by atoms with E-state index in [1.807, 2.05) is 37.3 Å². The first-order valence-electron chi connectivity index (χ1n) is 6.67. The van der Waals surface area contributed by atoms with E-state index in [0.29, 0.717) is 6.61 Å². The van der Waals surface area contributed by atoms with Gasteiger partial charge in [0.2, 0.25) is 0 Å². The van der Waals surface area contributed by atoms with Crippen LogP contribution in [-0.2, 0) is 11.4 Å². The van der Waals surface area contributed by atoms with Crippen molar-refractivity contribution in [1.29, 1.82) is 0 Å². The molecule has 0 fully saturated rings. The summed E-state index contributed by atoms with van der Waals surface area (Å²) in [5.74, 6) is 0. The monoisotopic (exact) mass is 281 g/mol. The van der Waals surface area contributed by atoms with Crippen molar-refractivity contribution >= 4 is 16.7 Å². The van der Waals surface area contributed by atoms with Gasteiger partial charge in [0.05, 0.1) is 5.71 Å². The molecule has 0 unspecified atom stereocenters. The Morgan fingerprint density at radius 1 is 1.10 bits per heavy atom. The number of aryl methyl sites for hydroxylation is 1. The molecule has 0 amide bonds. The first-order valence-corrected chi connectivity index (χ1v) is 6.67. The lowest BCUT2D eigenvalue weighted by atomic mass is 10.1. The Morgan fingerprint density at radius 3 is 2.67 bits per heavy atom. The largest absolute Gasteiger partial charge is 0.391 e. The molecule has 0 radical (unpaired) electrons. The molecule has 21 heavy (non-hydrogen) atoms. The van der Waals surface area contributed by atoms with Crippen molar-refractivity contribution in [2.75, 3.05) is 0 Å². The van der Waals surface area contributed by atoms with Gasteiger partial charge < -0.3 is 4.84 Å². The van der Waals surface area contributed by atoms with E-state index >= 15 is 0 Å². The Kier molecular flexibility index (Phi) is 3.64. The third-order valence-corrected chi connectivity index (χ3v) is 3.22. The highest BCUT2D eigenvalue weighted by Crippen LogP contribution is 2.12. The van der Waals surface area contributed by atoms with Crippen molar-refractivity contribution in [3.8, 4) is 0 Å². The predicted octanol–water partition coefficient (Wildman–Crippen LogP) is 3.47. The highest BCUT2D eigenvalue weighted by atomic mass is 16.6. The molecule has 2 aromatic carbocycles. The van der Waals surface area contributed by atoms with Gasteiger partial charge in [-0.05, 0) is 47.4 Å². The summed E-state index contributed by atoms with van der Waals surface area (Å²) in [5, 5.41) is 11.7. The highest BCUT2D eigenvalue weighted by Gasteiger charge is 2.02. The number of fused-ring (bicyclic) bond motifs is 1. The van der Waals surface area contributed by atoms with Gasteiger partial charge in [0.1, 0.15) is 17.6 Å². The first-order chi connectivity index (χ1) is 10.2. The summed E-state index contributed by atoms with van der Waals surface area (Å²) in [6.45, 7) is 4.36. The number of hydrogen-bond acceptors (Lipinski definition) is 5. The number of hydrogen-bond donors (Lipinski definition) is 0. The predicted molar refractivity (Wildman–Crippen MR) is 80.0 cm³/mol. The average molecular weight is 281 g/mol. The number of benzene rings is 2. The summed E-state index contributed by atoms with van der Waals surface area (Å²) >= 11 is 0. The molecule has 0 saturated heterocycles. The van der Waals surface area contributed by atoms with Gasteiger partial charge in [0.15, 0.2) is 0 Å². The van der Waals surface area contributed by atoms with Gasteiger partial charge >= 0.3 is 0 Å². The summed E-state index contributed by atoms with van der Waals surface area (Å²) in [4.78, 5) is 5.40. The van der Waals surface area contributed by atoms with Gasteiger partial charge in [-0.3, -0.25) is 0 Å². The van der Waals surface area contributed by atoms with Gasteiger partial charge in [-0.15, -0.1) is 0 Å². The fourth-order valence-corrected chi connectivity index (χ4v) is 1.97. The number of aromatic nitrogens is 2. The minimum Gasteiger partial charge on any atom is -0.391 e. The molecule has 0 N–H and O–H groups in total. The Labute approximate surface area is 122 Å². The van der Waals surface area contributed by atoms with Gasteiger partial charge in [-0.25, -0.2) is 4.63 Å². The van der Waals surface area contributed by atoms with Gasteiger partial charge in [0, 0.05) is 0 Å². The second kappa shape index (κ2) is 5.75. The average Bonchev–Trinajstić information content (AvgIpc) is 2.95. The van der Waals surface area contributed by atoms with Crippen LogP contribution in [0.5, 0.6) is 0 Å². The lowest BCUT2D eigenvalue weighted by Gasteiger charge is -2.03. The Hall–Kier alpha value is -2.69. The van der Waals surface area contributed by atoms with Crippen LogP contribution in [0.2, 0.25) is 0 Å². The van der Waals surface area contributed by atoms with Crippen LogP contribution in [0, 0.1) is 6.92 Å². The van der Waals surface area contributed by atoms with Crippen molar-refractivity contribution in [1.82, 2.24) is 10.3 Å². The maximum absolute atomic E-state index is 5.40. The molecule has 0 spiro atoms. The lowest BCUT2D eigenvalue weighted by Crippen LogP contribution is -1.97. The van der Waals surface area contributed by atoms with E-state index in [-0.39, 0.29) is 0 Å². The molecule has 0 aliphatic carbocycles. The van der Waals surface area contributed by atoms with Crippen molar-refractivity contribution in [2.24, 2.45) is 5.16 Å². The molecule has 5 heteroatoms. The summed E-state index contributed by atoms with van der Waals surface area (Å²) < 4.78 is 4.66. The Bertz CT molecular complexity index is 776. The SMILES string of the molecule is C/C(=N\OCc1ccc2nonc2c1)c1ccc(C)cc1. The normalized spacial score (nSPS) is 11.8. The number of oxime groups is 1. The molecule has 1 heterocycles. The molecule has 5 nitrogen and oxygen atoms in total. The Balaban J connectivity index is 1.66. The van der Waals surface area contributed by atoms with E-state index in [4.69, 9.17) is 4.84 Å². The molecule has 106 valence electrons. The van der Waals surface area contributed by atoms with Crippen LogP contribution in [0.1, 0.15) is 23.6 Å². The minimum absolute atomic E-state index is 0.381. The van der Waals surface area contributed by atoms with Crippen LogP contribution in [0.15, 0.2) is 52.2 Å². The second-order valence-electron chi connectivity index (χ2n) is 4.90. The fraction of sp³-hybridized carbons (Fsp3) is 0.188. The zero-order valence-electron chi connectivity index (χ0n) is 11.9. The van der Waals surface area contributed by atoms with E-state index in [2.05, 4.69) is 39.2 Å². The van der Waals surface area contributed by atoms with Crippen LogP contribution >= 0.6 is 0 Å². The molecule has 1 aromatic heterocycles. The quantitative estimate of drug-likeness (QED) is 0.542.